The van der Waals surface area contributed by atoms with Gasteiger partial charge in [0.2, 0.25) is 0 Å². The lowest BCUT2D eigenvalue weighted by atomic mass is 9.83. The number of hydrogen-bond donors (Lipinski definition) is 0. The van der Waals surface area contributed by atoms with E-state index in [0.717, 1.165) is 31.1 Å². The van der Waals surface area contributed by atoms with Crippen molar-refractivity contribution in [3.8, 4) is 0 Å². The van der Waals surface area contributed by atoms with Gasteiger partial charge < -0.3 is 4.74 Å². The van der Waals surface area contributed by atoms with Gasteiger partial charge in [-0.1, -0.05) is 40.2 Å². The van der Waals surface area contributed by atoms with E-state index in [0.29, 0.717) is 5.41 Å². The molecule has 0 aromatic heterocycles. The molecule has 0 N–H and O–H groups in total. The Morgan fingerprint density at radius 2 is 2.25 bits per heavy atom. The van der Waals surface area contributed by atoms with Crippen LogP contribution in [0.15, 0.2) is 12.3 Å². The summed E-state index contributed by atoms with van der Waals surface area (Å²) in [5.74, 6) is 1.91. The first-order valence-electron chi connectivity index (χ1n) is 6.86. The molecular formula is C15H28O. The van der Waals surface area contributed by atoms with E-state index in [1.54, 1.807) is 0 Å². The summed E-state index contributed by atoms with van der Waals surface area (Å²) in [6.45, 7) is 11.9. The molecule has 16 heavy (non-hydrogen) atoms. The largest absolute Gasteiger partial charge is 0.499 e. The van der Waals surface area contributed by atoms with Gasteiger partial charge in [0, 0.05) is 6.42 Å². The van der Waals surface area contributed by atoms with Crippen molar-refractivity contribution in [1.82, 2.24) is 0 Å². The highest BCUT2D eigenvalue weighted by Gasteiger charge is 2.32. The molecule has 1 heteroatoms. The van der Waals surface area contributed by atoms with Gasteiger partial charge in [0.05, 0.1) is 12.4 Å². The summed E-state index contributed by atoms with van der Waals surface area (Å²) in [7, 11) is 0. The molecule has 0 radical (unpaired) electrons. The van der Waals surface area contributed by atoms with Crippen LogP contribution in [0.3, 0.4) is 0 Å². The van der Waals surface area contributed by atoms with E-state index in [4.69, 9.17) is 4.74 Å². The highest BCUT2D eigenvalue weighted by Crippen LogP contribution is 2.44. The Hall–Kier alpha value is -0.460. The summed E-state index contributed by atoms with van der Waals surface area (Å²) in [6.07, 6.45) is 8.82. The van der Waals surface area contributed by atoms with Crippen molar-refractivity contribution in [3.05, 3.63) is 12.3 Å². The minimum absolute atomic E-state index is 0.552. The number of ether oxygens (including phenoxy) is 1. The Labute approximate surface area is 101 Å². The average molecular weight is 224 g/mol. The maximum atomic E-state index is 5.62. The molecule has 1 aliphatic rings. The number of rotatable bonds is 7. The fraction of sp³-hybridized carbons (Fsp3) is 0.867. The molecule has 1 aliphatic carbocycles. The summed E-state index contributed by atoms with van der Waals surface area (Å²) in [5, 5.41) is 0. The Morgan fingerprint density at radius 1 is 1.50 bits per heavy atom. The van der Waals surface area contributed by atoms with E-state index in [9.17, 15) is 0 Å². The number of hydrogen-bond acceptors (Lipinski definition) is 1. The molecule has 2 atom stereocenters. The molecule has 94 valence electrons. The van der Waals surface area contributed by atoms with Gasteiger partial charge in [0.1, 0.15) is 0 Å². The Morgan fingerprint density at radius 3 is 2.81 bits per heavy atom. The van der Waals surface area contributed by atoms with Crippen LogP contribution in [0.25, 0.3) is 0 Å². The van der Waals surface area contributed by atoms with Crippen molar-refractivity contribution in [2.24, 2.45) is 11.3 Å². The number of unbranched alkanes of at least 4 members (excludes halogenated alkanes) is 1. The second-order valence-electron chi connectivity index (χ2n) is 5.90. The fourth-order valence-electron chi connectivity index (χ4n) is 2.74. The zero-order valence-electron chi connectivity index (χ0n) is 11.3. The zero-order chi connectivity index (χ0) is 12.0. The molecule has 1 nitrogen and oxygen atoms in total. The van der Waals surface area contributed by atoms with E-state index in [2.05, 4.69) is 27.4 Å². The highest BCUT2D eigenvalue weighted by atomic mass is 16.5. The van der Waals surface area contributed by atoms with Gasteiger partial charge in [0.15, 0.2) is 0 Å². The molecule has 0 spiro atoms. The molecule has 1 rings (SSSR count). The molecule has 0 aromatic rings. The third-order valence-corrected chi connectivity index (χ3v) is 3.89. The maximum absolute atomic E-state index is 5.62. The molecule has 0 aliphatic heterocycles. The maximum Gasteiger partial charge on any atom is 0.0888 e. The molecule has 0 amide bonds. The third-order valence-electron chi connectivity index (χ3n) is 3.89. The monoisotopic (exact) mass is 224 g/mol. The molecule has 0 bridgehead atoms. The van der Waals surface area contributed by atoms with E-state index in [-0.39, 0.29) is 0 Å². The minimum Gasteiger partial charge on any atom is -0.499 e. The normalized spacial score (nSPS) is 29.3. The van der Waals surface area contributed by atoms with Gasteiger partial charge in [-0.3, -0.25) is 0 Å². The molecule has 1 fully saturated rings. The number of allylic oxidation sites excluding steroid dienone is 1. The van der Waals surface area contributed by atoms with Crippen LogP contribution in [0.5, 0.6) is 0 Å². The summed E-state index contributed by atoms with van der Waals surface area (Å²) < 4.78 is 5.62. The predicted molar refractivity (Wildman–Crippen MR) is 70.4 cm³/mol. The van der Waals surface area contributed by atoms with Crippen molar-refractivity contribution < 1.29 is 4.74 Å². The van der Waals surface area contributed by atoms with Crippen molar-refractivity contribution in [3.63, 3.8) is 0 Å². The van der Waals surface area contributed by atoms with Crippen LogP contribution in [0.4, 0.5) is 0 Å². The fourth-order valence-corrected chi connectivity index (χ4v) is 2.74. The third kappa shape index (κ3) is 4.59. The van der Waals surface area contributed by atoms with E-state index in [1.165, 1.54) is 32.1 Å². The predicted octanol–water partition coefficient (Wildman–Crippen LogP) is 4.92. The SMILES string of the molecule is C=C(CCC1(C)CCC(C)C1)OCCCC. The lowest BCUT2D eigenvalue weighted by Crippen LogP contribution is -2.12. The van der Waals surface area contributed by atoms with Crippen LogP contribution in [-0.4, -0.2) is 6.61 Å². The molecule has 0 heterocycles. The lowest BCUT2D eigenvalue weighted by molar-refractivity contribution is 0.183. The van der Waals surface area contributed by atoms with Crippen LogP contribution in [0.1, 0.15) is 65.7 Å². The highest BCUT2D eigenvalue weighted by molar-refractivity contribution is 4.90. The van der Waals surface area contributed by atoms with E-state index >= 15 is 0 Å². The molecule has 0 aromatic carbocycles. The smallest absolute Gasteiger partial charge is 0.0888 e. The zero-order valence-corrected chi connectivity index (χ0v) is 11.3. The van der Waals surface area contributed by atoms with Crippen molar-refractivity contribution >= 4 is 0 Å². The molecule has 2 unspecified atom stereocenters. The van der Waals surface area contributed by atoms with Crippen molar-refractivity contribution in [2.45, 2.75) is 65.7 Å². The summed E-state index contributed by atoms with van der Waals surface area (Å²) in [6, 6.07) is 0. The average Bonchev–Trinajstić information content (AvgIpc) is 2.57. The first-order chi connectivity index (χ1) is 7.56. The Bertz CT molecular complexity index is 221. The van der Waals surface area contributed by atoms with Gasteiger partial charge in [0.25, 0.3) is 0 Å². The van der Waals surface area contributed by atoms with Crippen molar-refractivity contribution in [2.75, 3.05) is 6.61 Å². The summed E-state index contributed by atoms with van der Waals surface area (Å²) in [5.41, 5.74) is 0.552. The lowest BCUT2D eigenvalue weighted by Gasteiger charge is -2.24. The van der Waals surface area contributed by atoms with Gasteiger partial charge in [-0.15, -0.1) is 0 Å². The van der Waals surface area contributed by atoms with Gasteiger partial charge >= 0.3 is 0 Å². The Kier molecular flexibility index (Phi) is 5.37. The van der Waals surface area contributed by atoms with Crippen LogP contribution in [0, 0.1) is 11.3 Å². The standard InChI is InChI=1S/C15H28O/c1-5-6-11-16-14(3)8-10-15(4)9-7-13(2)12-15/h13H,3,5-12H2,1-2,4H3. The molecular weight excluding hydrogens is 196 g/mol. The summed E-state index contributed by atoms with van der Waals surface area (Å²) >= 11 is 0. The Balaban J connectivity index is 2.16. The second kappa shape index (κ2) is 6.32. The topological polar surface area (TPSA) is 9.23 Å². The van der Waals surface area contributed by atoms with Gasteiger partial charge in [-0.05, 0) is 37.0 Å². The first-order valence-corrected chi connectivity index (χ1v) is 6.86. The minimum atomic E-state index is 0.552. The van der Waals surface area contributed by atoms with Crippen molar-refractivity contribution in [1.29, 1.82) is 0 Å². The van der Waals surface area contributed by atoms with Crippen LogP contribution >= 0.6 is 0 Å². The molecule has 1 saturated carbocycles. The van der Waals surface area contributed by atoms with Crippen LogP contribution in [-0.2, 0) is 4.74 Å². The van der Waals surface area contributed by atoms with Gasteiger partial charge in [-0.2, -0.15) is 0 Å². The van der Waals surface area contributed by atoms with E-state index in [1.807, 2.05) is 0 Å². The quantitative estimate of drug-likeness (QED) is 0.440. The van der Waals surface area contributed by atoms with E-state index < -0.39 is 0 Å². The second-order valence-corrected chi connectivity index (χ2v) is 5.90. The molecule has 0 saturated heterocycles. The van der Waals surface area contributed by atoms with Crippen LogP contribution < -0.4 is 0 Å². The van der Waals surface area contributed by atoms with Gasteiger partial charge in [-0.25, -0.2) is 0 Å². The summed E-state index contributed by atoms with van der Waals surface area (Å²) in [4.78, 5) is 0. The van der Waals surface area contributed by atoms with Crippen LogP contribution in [0.2, 0.25) is 0 Å². The first kappa shape index (κ1) is 13.6.